The normalized spacial score (nSPS) is 21.4. The Morgan fingerprint density at radius 2 is 2.17 bits per heavy atom. The zero-order valence-corrected chi connectivity index (χ0v) is 11.1. The number of fused-ring (bicyclic) bond motifs is 1. The van der Waals surface area contributed by atoms with Crippen molar-refractivity contribution in [3.8, 4) is 0 Å². The summed E-state index contributed by atoms with van der Waals surface area (Å²) in [6.07, 6.45) is 3.37. The summed E-state index contributed by atoms with van der Waals surface area (Å²) in [4.78, 5) is 0. The van der Waals surface area contributed by atoms with E-state index in [9.17, 15) is 0 Å². The van der Waals surface area contributed by atoms with Gasteiger partial charge in [0.1, 0.15) is 0 Å². The molecule has 0 bridgehead atoms. The van der Waals surface area contributed by atoms with Crippen LogP contribution in [-0.2, 0) is 17.7 Å². The number of ether oxygens (including phenoxy) is 1. The predicted octanol–water partition coefficient (Wildman–Crippen LogP) is 2.31. The number of hydrogen-bond donors (Lipinski definition) is 2. The summed E-state index contributed by atoms with van der Waals surface area (Å²) in [6.45, 7) is 6.11. The first-order valence-electron chi connectivity index (χ1n) is 6.94. The van der Waals surface area contributed by atoms with Gasteiger partial charge < -0.3 is 15.4 Å². The van der Waals surface area contributed by atoms with E-state index in [0.29, 0.717) is 0 Å². The Kier molecular flexibility index (Phi) is 3.27. The van der Waals surface area contributed by atoms with Gasteiger partial charge in [0.2, 0.25) is 0 Å². The van der Waals surface area contributed by atoms with Crippen molar-refractivity contribution in [3.63, 3.8) is 0 Å². The molecule has 3 rings (SSSR count). The minimum atomic E-state index is 0.236. The lowest BCUT2D eigenvalue weighted by atomic mass is 9.92. The van der Waals surface area contributed by atoms with E-state index in [0.717, 1.165) is 45.6 Å². The number of anilines is 1. The SMILES string of the molecule is CC1(NCc2cccc3c2NCC3)CCOCC1. The Bertz CT molecular complexity index is 425. The first-order valence-corrected chi connectivity index (χ1v) is 6.94. The molecule has 0 radical (unpaired) electrons. The van der Waals surface area contributed by atoms with E-state index in [1.807, 2.05) is 0 Å². The molecule has 0 amide bonds. The maximum atomic E-state index is 5.44. The number of para-hydroxylation sites is 1. The van der Waals surface area contributed by atoms with E-state index >= 15 is 0 Å². The number of hydrogen-bond acceptors (Lipinski definition) is 3. The molecule has 2 aliphatic heterocycles. The molecule has 0 atom stereocenters. The molecule has 1 aromatic carbocycles. The summed E-state index contributed by atoms with van der Waals surface area (Å²) >= 11 is 0. The van der Waals surface area contributed by atoms with Crippen molar-refractivity contribution in [2.45, 2.75) is 38.3 Å². The van der Waals surface area contributed by atoms with Crippen LogP contribution in [0.2, 0.25) is 0 Å². The standard InChI is InChI=1S/C15H22N2O/c1-15(6-9-18-10-7-15)17-11-13-4-2-3-12-5-8-16-14(12)13/h2-4,16-17H,5-11H2,1H3. The summed E-state index contributed by atoms with van der Waals surface area (Å²) in [5.74, 6) is 0. The van der Waals surface area contributed by atoms with Crippen LogP contribution in [0.1, 0.15) is 30.9 Å². The van der Waals surface area contributed by atoms with Crippen LogP contribution < -0.4 is 10.6 Å². The van der Waals surface area contributed by atoms with Gasteiger partial charge in [0.15, 0.2) is 0 Å². The lowest BCUT2D eigenvalue weighted by Crippen LogP contribution is -2.46. The van der Waals surface area contributed by atoms with Gasteiger partial charge in [0.05, 0.1) is 0 Å². The Morgan fingerprint density at radius 3 is 3.00 bits per heavy atom. The fraction of sp³-hybridized carbons (Fsp3) is 0.600. The Morgan fingerprint density at radius 1 is 1.33 bits per heavy atom. The van der Waals surface area contributed by atoms with Gasteiger partial charge >= 0.3 is 0 Å². The smallest absolute Gasteiger partial charge is 0.0483 e. The number of nitrogens with one attached hydrogen (secondary N) is 2. The fourth-order valence-corrected chi connectivity index (χ4v) is 2.87. The first-order chi connectivity index (χ1) is 8.77. The van der Waals surface area contributed by atoms with E-state index < -0.39 is 0 Å². The molecule has 3 nitrogen and oxygen atoms in total. The second-order valence-corrected chi connectivity index (χ2v) is 5.65. The van der Waals surface area contributed by atoms with Gasteiger partial charge in [-0.2, -0.15) is 0 Å². The zero-order valence-electron chi connectivity index (χ0n) is 11.1. The molecule has 18 heavy (non-hydrogen) atoms. The average molecular weight is 246 g/mol. The third-order valence-electron chi connectivity index (χ3n) is 4.24. The van der Waals surface area contributed by atoms with Gasteiger partial charge in [-0.15, -0.1) is 0 Å². The topological polar surface area (TPSA) is 33.3 Å². The number of rotatable bonds is 3. The van der Waals surface area contributed by atoms with Gasteiger partial charge in [0, 0.05) is 37.5 Å². The van der Waals surface area contributed by atoms with Crippen LogP contribution in [0.4, 0.5) is 5.69 Å². The van der Waals surface area contributed by atoms with Crippen LogP contribution >= 0.6 is 0 Å². The van der Waals surface area contributed by atoms with Crippen LogP contribution in [0, 0.1) is 0 Å². The maximum Gasteiger partial charge on any atom is 0.0483 e. The molecule has 98 valence electrons. The highest BCUT2D eigenvalue weighted by Gasteiger charge is 2.27. The fourth-order valence-electron chi connectivity index (χ4n) is 2.87. The van der Waals surface area contributed by atoms with Gasteiger partial charge in [-0.05, 0) is 37.3 Å². The zero-order chi connectivity index (χ0) is 12.4. The molecule has 0 unspecified atom stereocenters. The summed E-state index contributed by atoms with van der Waals surface area (Å²) in [5.41, 5.74) is 4.46. The molecule has 0 aliphatic carbocycles. The molecule has 0 aromatic heterocycles. The van der Waals surface area contributed by atoms with E-state index in [1.54, 1.807) is 0 Å². The molecule has 2 heterocycles. The molecule has 3 heteroatoms. The van der Waals surface area contributed by atoms with Crippen LogP contribution in [-0.4, -0.2) is 25.3 Å². The Hall–Kier alpha value is -1.06. The Labute approximate surface area is 109 Å². The number of benzene rings is 1. The second-order valence-electron chi connectivity index (χ2n) is 5.65. The summed E-state index contributed by atoms with van der Waals surface area (Å²) in [5, 5.41) is 7.23. The lowest BCUT2D eigenvalue weighted by molar-refractivity contribution is 0.0446. The minimum Gasteiger partial charge on any atom is -0.384 e. The van der Waals surface area contributed by atoms with E-state index in [-0.39, 0.29) is 5.54 Å². The third-order valence-corrected chi connectivity index (χ3v) is 4.24. The second kappa shape index (κ2) is 4.90. The molecule has 0 spiro atoms. The van der Waals surface area contributed by atoms with Crippen molar-refractivity contribution in [2.75, 3.05) is 25.1 Å². The van der Waals surface area contributed by atoms with Gasteiger partial charge in [-0.1, -0.05) is 18.2 Å². The monoisotopic (exact) mass is 246 g/mol. The van der Waals surface area contributed by atoms with Gasteiger partial charge in [0.25, 0.3) is 0 Å². The van der Waals surface area contributed by atoms with Crippen molar-refractivity contribution < 1.29 is 4.74 Å². The van der Waals surface area contributed by atoms with Crippen molar-refractivity contribution in [1.29, 1.82) is 0 Å². The molecular weight excluding hydrogens is 224 g/mol. The largest absolute Gasteiger partial charge is 0.384 e. The van der Waals surface area contributed by atoms with E-state index in [2.05, 4.69) is 35.8 Å². The highest BCUT2D eigenvalue weighted by molar-refractivity contribution is 5.61. The summed E-state index contributed by atoms with van der Waals surface area (Å²) < 4.78 is 5.44. The summed E-state index contributed by atoms with van der Waals surface area (Å²) in [7, 11) is 0. The lowest BCUT2D eigenvalue weighted by Gasteiger charge is -2.35. The van der Waals surface area contributed by atoms with Crippen molar-refractivity contribution in [1.82, 2.24) is 5.32 Å². The minimum absolute atomic E-state index is 0.236. The Balaban J connectivity index is 1.68. The predicted molar refractivity (Wildman–Crippen MR) is 73.9 cm³/mol. The molecular formula is C15H22N2O. The molecule has 1 saturated heterocycles. The molecule has 1 aromatic rings. The van der Waals surface area contributed by atoms with Crippen LogP contribution in [0.15, 0.2) is 18.2 Å². The van der Waals surface area contributed by atoms with Gasteiger partial charge in [-0.25, -0.2) is 0 Å². The molecule has 1 fully saturated rings. The first kappa shape index (κ1) is 12.0. The van der Waals surface area contributed by atoms with Crippen LogP contribution in [0.5, 0.6) is 0 Å². The van der Waals surface area contributed by atoms with Gasteiger partial charge in [-0.3, -0.25) is 0 Å². The highest BCUT2D eigenvalue weighted by Crippen LogP contribution is 2.27. The third kappa shape index (κ3) is 2.38. The van der Waals surface area contributed by atoms with E-state index in [4.69, 9.17) is 4.74 Å². The summed E-state index contributed by atoms with van der Waals surface area (Å²) in [6, 6.07) is 6.64. The average Bonchev–Trinajstić information content (AvgIpc) is 2.86. The maximum absolute atomic E-state index is 5.44. The highest BCUT2D eigenvalue weighted by atomic mass is 16.5. The van der Waals surface area contributed by atoms with Crippen LogP contribution in [0.25, 0.3) is 0 Å². The van der Waals surface area contributed by atoms with E-state index in [1.165, 1.54) is 16.8 Å². The molecule has 0 saturated carbocycles. The van der Waals surface area contributed by atoms with Crippen molar-refractivity contribution >= 4 is 5.69 Å². The van der Waals surface area contributed by atoms with Crippen molar-refractivity contribution in [3.05, 3.63) is 29.3 Å². The quantitative estimate of drug-likeness (QED) is 0.858. The molecule has 2 aliphatic rings. The van der Waals surface area contributed by atoms with Crippen molar-refractivity contribution in [2.24, 2.45) is 0 Å². The van der Waals surface area contributed by atoms with Crippen LogP contribution in [0.3, 0.4) is 0 Å². The molecule has 2 N–H and O–H groups in total.